The normalized spacial score (nSPS) is 18.2. The van der Waals surface area contributed by atoms with E-state index in [9.17, 15) is 9.90 Å². The van der Waals surface area contributed by atoms with Crippen molar-refractivity contribution in [2.24, 2.45) is 11.8 Å². The van der Waals surface area contributed by atoms with Crippen LogP contribution in [-0.2, 0) is 16.0 Å². The van der Waals surface area contributed by atoms with Crippen molar-refractivity contribution >= 4 is 5.97 Å². The number of hydrogen-bond acceptors (Lipinski definition) is 2. The van der Waals surface area contributed by atoms with Gasteiger partial charge in [0.2, 0.25) is 0 Å². The summed E-state index contributed by atoms with van der Waals surface area (Å²) in [5, 5.41) is 9.40. The van der Waals surface area contributed by atoms with Crippen molar-refractivity contribution in [2.75, 3.05) is 13.2 Å². The SMILES string of the molecule is Cc1cccc(CC(CC2CCOCC2)C(=O)O)c1. The van der Waals surface area contributed by atoms with Crippen molar-refractivity contribution in [3.05, 3.63) is 35.4 Å². The highest BCUT2D eigenvalue weighted by molar-refractivity contribution is 5.70. The minimum absolute atomic E-state index is 0.273. The van der Waals surface area contributed by atoms with E-state index in [4.69, 9.17) is 4.74 Å². The summed E-state index contributed by atoms with van der Waals surface area (Å²) in [5.74, 6) is -0.447. The summed E-state index contributed by atoms with van der Waals surface area (Å²) in [6.07, 6.45) is 3.40. The van der Waals surface area contributed by atoms with E-state index in [1.165, 1.54) is 5.56 Å². The molecule has 0 bridgehead atoms. The second-order valence-corrected chi connectivity index (χ2v) is 5.52. The molecule has 1 aliphatic rings. The molecule has 1 atom stereocenters. The van der Waals surface area contributed by atoms with Crippen LogP contribution in [0, 0.1) is 18.8 Å². The fourth-order valence-electron chi connectivity index (χ4n) is 2.78. The van der Waals surface area contributed by atoms with Crippen LogP contribution in [0.2, 0.25) is 0 Å². The lowest BCUT2D eigenvalue weighted by Gasteiger charge is -2.25. The topological polar surface area (TPSA) is 46.5 Å². The number of benzene rings is 1. The van der Waals surface area contributed by atoms with Crippen molar-refractivity contribution in [1.82, 2.24) is 0 Å². The van der Waals surface area contributed by atoms with Crippen LogP contribution < -0.4 is 0 Å². The van der Waals surface area contributed by atoms with Gasteiger partial charge in [0.05, 0.1) is 5.92 Å². The molecule has 104 valence electrons. The van der Waals surface area contributed by atoms with E-state index in [1.807, 2.05) is 25.1 Å². The summed E-state index contributed by atoms with van der Waals surface area (Å²) in [4.78, 5) is 11.4. The maximum Gasteiger partial charge on any atom is 0.306 e. The standard InChI is InChI=1S/C16H22O3/c1-12-3-2-4-14(9-12)11-15(16(17)18)10-13-5-7-19-8-6-13/h2-4,9,13,15H,5-8,10-11H2,1H3,(H,17,18). The average Bonchev–Trinajstić information content (AvgIpc) is 2.39. The molecule has 1 fully saturated rings. The van der Waals surface area contributed by atoms with Crippen LogP contribution in [0.5, 0.6) is 0 Å². The van der Waals surface area contributed by atoms with Crippen LogP contribution in [-0.4, -0.2) is 24.3 Å². The first kappa shape index (κ1) is 14.1. The molecular formula is C16H22O3. The van der Waals surface area contributed by atoms with Gasteiger partial charge in [-0.2, -0.15) is 0 Å². The lowest BCUT2D eigenvalue weighted by atomic mass is 9.85. The van der Waals surface area contributed by atoms with Gasteiger partial charge in [0, 0.05) is 13.2 Å². The van der Waals surface area contributed by atoms with Gasteiger partial charge in [0.25, 0.3) is 0 Å². The van der Waals surface area contributed by atoms with Crippen LogP contribution in [0.3, 0.4) is 0 Å². The molecule has 3 nitrogen and oxygen atoms in total. The lowest BCUT2D eigenvalue weighted by molar-refractivity contribution is -0.142. The first-order valence-corrected chi connectivity index (χ1v) is 7.01. The fraction of sp³-hybridized carbons (Fsp3) is 0.562. The number of carbonyl (C=O) groups is 1. The van der Waals surface area contributed by atoms with Gasteiger partial charge in [-0.25, -0.2) is 0 Å². The van der Waals surface area contributed by atoms with Gasteiger partial charge in [-0.3, -0.25) is 4.79 Å². The highest BCUT2D eigenvalue weighted by Gasteiger charge is 2.24. The Morgan fingerprint density at radius 1 is 1.42 bits per heavy atom. The Bertz CT molecular complexity index is 422. The van der Waals surface area contributed by atoms with Crippen LogP contribution in [0.15, 0.2) is 24.3 Å². The fourth-order valence-corrected chi connectivity index (χ4v) is 2.78. The van der Waals surface area contributed by atoms with Crippen LogP contribution in [0.4, 0.5) is 0 Å². The molecule has 19 heavy (non-hydrogen) atoms. The molecule has 1 aliphatic heterocycles. The van der Waals surface area contributed by atoms with E-state index in [0.717, 1.165) is 38.0 Å². The quantitative estimate of drug-likeness (QED) is 0.887. The Morgan fingerprint density at radius 2 is 2.16 bits per heavy atom. The van der Waals surface area contributed by atoms with Crippen LogP contribution in [0.25, 0.3) is 0 Å². The summed E-state index contributed by atoms with van der Waals surface area (Å²) in [6, 6.07) is 8.14. The molecule has 0 aromatic heterocycles. The molecule has 2 rings (SSSR count). The van der Waals surface area contributed by atoms with Crippen molar-refractivity contribution in [3.63, 3.8) is 0 Å². The molecule has 1 aromatic rings. The third kappa shape index (κ3) is 4.35. The molecule has 1 unspecified atom stereocenters. The zero-order valence-electron chi connectivity index (χ0n) is 11.5. The zero-order chi connectivity index (χ0) is 13.7. The molecule has 0 amide bonds. The number of ether oxygens (including phenoxy) is 1. The van der Waals surface area contributed by atoms with Gasteiger partial charge < -0.3 is 9.84 Å². The Hall–Kier alpha value is -1.35. The summed E-state index contributed by atoms with van der Waals surface area (Å²) in [5.41, 5.74) is 2.31. The van der Waals surface area contributed by atoms with E-state index in [0.29, 0.717) is 12.3 Å². The van der Waals surface area contributed by atoms with Gasteiger partial charge >= 0.3 is 5.97 Å². The second kappa shape index (κ2) is 6.71. The molecule has 0 aliphatic carbocycles. The molecule has 0 saturated carbocycles. The maximum atomic E-state index is 11.4. The first-order valence-electron chi connectivity index (χ1n) is 7.01. The van der Waals surface area contributed by atoms with Gasteiger partial charge in [0.1, 0.15) is 0 Å². The van der Waals surface area contributed by atoms with Crippen molar-refractivity contribution in [2.45, 2.75) is 32.6 Å². The monoisotopic (exact) mass is 262 g/mol. The Balaban J connectivity index is 1.97. The number of rotatable bonds is 5. The molecule has 0 spiro atoms. The Kier molecular flexibility index (Phi) is 4.97. The highest BCUT2D eigenvalue weighted by Crippen LogP contribution is 2.25. The summed E-state index contributed by atoms with van der Waals surface area (Å²) < 4.78 is 5.33. The lowest BCUT2D eigenvalue weighted by Crippen LogP contribution is -2.24. The van der Waals surface area contributed by atoms with E-state index in [2.05, 4.69) is 6.07 Å². The molecule has 0 radical (unpaired) electrons. The van der Waals surface area contributed by atoms with Crippen molar-refractivity contribution < 1.29 is 14.6 Å². The second-order valence-electron chi connectivity index (χ2n) is 5.52. The van der Waals surface area contributed by atoms with E-state index in [1.54, 1.807) is 0 Å². The van der Waals surface area contributed by atoms with Gasteiger partial charge in [-0.1, -0.05) is 29.8 Å². The molecule has 1 N–H and O–H groups in total. The van der Waals surface area contributed by atoms with Gasteiger partial charge in [0.15, 0.2) is 0 Å². The van der Waals surface area contributed by atoms with Crippen molar-refractivity contribution in [3.8, 4) is 0 Å². The Labute approximate surface area is 114 Å². The molecule has 1 saturated heterocycles. The number of aryl methyl sites for hydroxylation is 1. The number of aliphatic carboxylic acids is 1. The molecule has 1 aromatic carbocycles. The van der Waals surface area contributed by atoms with E-state index >= 15 is 0 Å². The van der Waals surface area contributed by atoms with E-state index < -0.39 is 5.97 Å². The molecular weight excluding hydrogens is 240 g/mol. The van der Waals surface area contributed by atoms with Crippen LogP contribution in [0.1, 0.15) is 30.4 Å². The maximum absolute atomic E-state index is 11.4. The van der Waals surface area contributed by atoms with Crippen LogP contribution >= 0.6 is 0 Å². The molecule has 3 heteroatoms. The largest absolute Gasteiger partial charge is 0.481 e. The number of carboxylic acid groups (broad SMARTS) is 1. The number of carboxylic acids is 1. The van der Waals surface area contributed by atoms with Gasteiger partial charge in [-0.05, 0) is 44.1 Å². The zero-order valence-corrected chi connectivity index (χ0v) is 11.5. The Morgan fingerprint density at radius 3 is 2.79 bits per heavy atom. The summed E-state index contributed by atoms with van der Waals surface area (Å²) in [6.45, 7) is 3.60. The highest BCUT2D eigenvalue weighted by atomic mass is 16.5. The first-order chi connectivity index (χ1) is 9.15. The van der Waals surface area contributed by atoms with Gasteiger partial charge in [-0.15, -0.1) is 0 Å². The summed E-state index contributed by atoms with van der Waals surface area (Å²) >= 11 is 0. The molecule has 1 heterocycles. The van der Waals surface area contributed by atoms with Crippen molar-refractivity contribution in [1.29, 1.82) is 0 Å². The minimum atomic E-state index is -0.673. The third-order valence-corrected chi connectivity index (χ3v) is 3.87. The summed E-state index contributed by atoms with van der Waals surface area (Å²) in [7, 11) is 0. The average molecular weight is 262 g/mol. The predicted octanol–water partition coefficient (Wildman–Crippen LogP) is 3.06. The minimum Gasteiger partial charge on any atom is -0.481 e. The predicted molar refractivity (Wildman–Crippen MR) is 74.2 cm³/mol. The smallest absolute Gasteiger partial charge is 0.306 e. The third-order valence-electron chi connectivity index (χ3n) is 3.87. The van der Waals surface area contributed by atoms with E-state index in [-0.39, 0.29) is 5.92 Å². The number of hydrogen-bond donors (Lipinski definition) is 1.